The Morgan fingerprint density at radius 2 is 1.94 bits per heavy atom. The first-order valence-electron chi connectivity index (χ1n) is 11.1. The van der Waals surface area contributed by atoms with Gasteiger partial charge in [-0.25, -0.2) is 4.79 Å². The van der Waals surface area contributed by atoms with Crippen molar-refractivity contribution in [2.75, 3.05) is 23.0 Å². The van der Waals surface area contributed by atoms with Crippen LogP contribution in [-0.2, 0) is 9.53 Å². The summed E-state index contributed by atoms with van der Waals surface area (Å²) in [6.07, 6.45) is 2.99. The standard InChI is InChI=1S/C23H22ClN3O5S/c24-20-8-7-19(33-20)21(28)25-10-18-16-11-31-17-9-14(5-6-15(17)27(16)23(30)32-18)26-13-3-1-12(2-4-13)22(26)29/h5-9,12-13,16,18H,1-4,10-11H2,(H,25,28)/t12?,13?,16-,18-/m0/s1. The smallest absolute Gasteiger partial charge is 0.415 e. The monoisotopic (exact) mass is 487 g/mol. The highest BCUT2D eigenvalue weighted by molar-refractivity contribution is 7.18. The summed E-state index contributed by atoms with van der Waals surface area (Å²) in [5, 5.41) is 2.81. The van der Waals surface area contributed by atoms with Gasteiger partial charge in [-0.1, -0.05) is 11.6 Å². The number of carbonyl (C=O) groups excluding carboxylic acids is 3. The Bertz CT molecular complexity index is 1140. The molecule has 0 radical (unpaired) electrons. The van der Waals surface area contributed by atoms with Crippen LogP contribution >= 0.6 is 22.9 Å². The molecule has 0 spiro atoms. The molecule has 4 fully saturated rings. The van der Waals surface area contributed by atoms with Crippen LogP contribution in [0, 0.1) is 5.92 Å². The molecule has 5 heterocycles. The molecule has 1 aromatic heterocycles. The molecule has 2 bridgehead atoms. The summed E-state index contributed by atoms with van der Waals surface area (Å²) in [6, 6.07) is 8.77. The van der Waals surface area contributed by atoms with Crippen LogP contribution in [-0.4, -0.2) is 49.2 Å². The summed E-state index contributed by atoms with van der Waals surface area (Å²) in [4.78, 5) is 41.9. The fraction of sp³-hybridized carbons (Fsp3) is 0.435. The van der Waals surface area contributed by atoms with E-state index in [1.165, 1.54) is 11.3 Å². The number of amides is 3. The summed E-state index contributed by atoms with van der Waals surface area (Å²) >= 11 is 7.09. The van der Waals surface area contributed by atoms with Crippen LogP contribution in [0.15, 0.2) is 30.3 Å². The topological polar surface area (TPSA) is 88.2 Å². The van der Waals surface area contributed by atoms with E-state index in [1.54, 1.807) is 17.0 Å². The number of cyclic esters (lactones) is 1. The van der Waals surface area contributed by atoms with E-state index in [0.717, 1.165) is 31.4 Å². The van der Waals surface area contributed by atoms with E-state index in [0.29, 0.717) is 20.7 Å². The molecule has 2 aromatic rings. The van der Waals surface area contributed by atoms with E-state index < -0.39 is 12.2 Å². The number of nitrogens with one attached hydrogen (secondary N) is 1. The van der Waals surface area contributed by atoms with Crippen molar-refractivity contribution >= 4 is 52.2 Å². The van der Waals surface area contributed by atoms with Crippen molar-refractivity contribution in [2.45, 2.75) is 43.9 Å². The number of thiophene rings is 1. The summed E-state index contributed by atoms with van der Waals surface area (Å²) in [5.74, 6) is 0.608. The van der Waals surface area contributed by atoms with E-state index in [2.05, 4.69) is 5.32 Å². The van der Waals surface area contributed by atoms with Crippen LogP contribution in [0.4, 0.5) is 16.2 Å². The minimum Gasteiger partial charge on any atom is -0.489 e. The van der Waals surface area contributed by atoms with E-state index in [9.17, 15) is 14.4 Å². The first-order chi connectivity index (χ1) is 16.0. The number of halogens is 1. The lowest BCUT2D eigenvalue weighted by atomic mass is 9.79. The minimum absolute atomic E-state index is 0.117. The Kier molecular flexibility index (Phi) is 4.99. The molecular formula is C23H22ClN3O5S. The van der Waals surface area contributed by atoms with Gasteiger partial charge in [0.15, 0.2) is 0 Å². The van der Waals surface area contributed by atoms with Crippen LogP contribution in [0.3, 0.4) is 0 Å². The largest absolute Gasteiger partial charge is 0.489 e. The molecule has 1 N–H and O–H groups in total. The highest BCUT2D eigenvalue weighted by Gasteiger charge is 2.47. The van der Waals surface area contributed by atoms with Crippen LogP contribution in [0.2, 0.25) is 4.34 Å². The zero-order valence-electron chi connectivity index (χ0n) is 17.7. The third-order valence-corrected chi connectivity index (χ3v) is 8.24. The van der Waals surface area contributed by atoms with Gasteiger partial charge in [-0.2, -0.15) is 0 Å². The average molecular weight is 488 g/mol. The summed E-state index contributed by atoms with van der Waals surface area (Å²) in [6.45, 7) is 0.414. The predicted octanol–water partition coefficient (Wildman–Crippen LogP) is 3.82. The molecule has 3 amide bonds. The number of nitrogens with zero attached hydrogens (tertiary/aromatic N) is 2. The van der Waals surface area contributed by atoms with Gasteiger partial charge in [-0.3, -0.25) is 14.5 Å². The van der Waals surface area contributed by atoms with E-state index in [1.807, 2.05) is 23.1 Å². The van der Waals surface area contributed by atoms with Gasteiger partial charge >= 0.3 is 6.09 Å². The Balaban J connectivity index is 1.19. The second-order valence-corrected chi connectivity index (χ2v) is 10.6. The first-order valence-corrected chi connectivity index (χ1v) is 12.3. The van der Waals surface area contributed by atoms with E-state index in [4.69, 9.17) is 21.1 Å². The average Bonchev–Trinajstić information content (AvgIpc) is 3.41. The number of anilines is 2. The Labute approximate surface area is 199 Å². The van der Waals surface area contributed by atoms with Crippen molar-refractivity contribution in [1.82, 2.24) is 5.32 Å². The van der Waals surface area contributed by atoms with Crippen molar-refractivity contribution in [3.63, 3.8) is 0 Å². The van der Waals surface area contributed by atoms with E-state index in [-0.39, 0.29) is 43.0 Å². The molecule has 8 nitrogen and oxygen atoms in total. The minimum atomic E-state index is -0.538. The third-order valence-electron chi connectivity index (χ3n) is 7.01. The normalized spacial score (nSPS) is 27.7. The van der Waals surface area contributed by atoms with Gasteiger partial charge in [0.2, 0.25) is 5.91 Å². The quantitative estimate of drug-likeness (QED) is 0.708. The zero-order chi connectivity index (χ0) is 22.7. The van der Waals surface area contributed by atoms with Crippen LogP contribution in [0.5, 0.6) is 5.75 Å². The molecule has 5 aliphatic rings. The molecule has 2 atom stereocenters. The molecule has 4 aliphatic heterocycles. The molecule has 33 heavy (non-hydrogen) atoms. The number of ether oxygens (including phenoxy) is 2. The van der Waals surface area contributed by atoms with Gasteiger partial charge in [-0.05, 0) is 49.9 Å². The maximum atomic E-state index is 12.8. The van der Waals surface area contributed by atoms with Gasteiger partial charge in [0.1, 0.15) is 24.5 Å². The van der Waals surface area contributed by atoms with Gasteiger partial charge in [-0.15, -0.1) is 11.3 Å². The Morgan fingerprint density at radius 3 is 2.67 bits per heavy atom. The Hall–Kier alpha value is -2.78. The lowest BCUT2D eigenvalue weighted by molar-refractivity contribution is -0.126. The van der Waals surface area contributed by atoms with Crippen molar-refractivity contribution in [1.29, 1.82) is 0 Å². The fourth-order valence-electron chi connectivity index (χ4n) is 5.36. The molecule has 1 saturated carbocycles. The zero-order valence-corrected chi connectivity index (χ0v) is 19.2. The predicted molar refractivity (Wildman–Crippen MR) is 123 cm³/mol. The van der Waals surface area contributed by atoms with Crippen LogP contribution < -0.4 is 19.9 Å². The Morgan fingerprint density at radius 1 is 1.12 bits per heavy atom. The molecule has 172 valence electrons. The molecule has 1 aliphatic carbocycles. The van der Waals surface area contributed by atoms with E-state index >= 15 is 0 Å². The molecule has 7 rings (SSSR count). The van der Waals surface area contributed by atoms with Crippen molar-refractivity contribution in [2.24, 2.45) is 5.92 Å². The second kappa shape index (κ2) is 7.92. The van der Waals surface area contributed by atoms with Crippen molar-refractivity contribution < 1.29 is 23.9 Å². The SMILES string of the molecule is O=C(NC[C@@H]1OC(=O)N2c3ccc(N4C(=O)C5CCC4CC5)cc3OC[C@@H]12)c1ccc(Cl)s1. The number of rotatable bonds is 4. The summed E-state index contributed by atoms with van der Waals surface area (Å²) < 4.78 is 12.1. The van der Waals surface area contributed by atoms with Gasteiger partial charge in [0.05, 0.1) is 21.4 Å². The third kappa shape index (κ3) is 3.45. The maximum Gasteiger partial charge on any atom is 0.415 e. The second-order valence-electron chi connectivity index (χ2n) is 8.85. The van der Waals surface area contributed by atoms with Gasteiger partial charge in [0.25, 0.3) is 5.91 Å². The van der Waals surface area contributed by atoms with Gasteiger partial charge in [0, 0.05) is 23.7 Å². The number of hydrogen-bond acceptors (Lipinski definition) is 6. The summed E-state index contributed by atoms with van der Waals surface area (Å²) in [5.41, 5.74) is 1.44. The van der Waals surface area contributed by atoms with Crippen molar-refractivity contribution in [3.05, 3.63) is 39.5 Å². The number of carbonyl (C=O) groups is 3. The summed E-state index contributed by atoms with van der Waals surface area (Å²) in [7, 11) is 0. The maximum absolute atomic E-state index is 12.8. The first kappa shape index (κ1) is 20.8. The van der Waals surface area contributed by atoms with Crippen molar-refractivity contribution in [3.8, 4) is 5.75 Å². The molecule has 10 heteroatoms. The molecule has 1 aromatic carbocycles. The lowest BCUT2D eigenvalue weighted by Crippen LogP contribution is -2.52. The number of benzene rings is 1. The van der Waals surface area contributed by atoms with Gasteiger partial charge < -0.3 is 19.7 Å². The number of hydrogen-bond donors (Lipinski definition) is 1. The number of piperidine rings is 2. The lowest BCUT2D eigenvalue weighted by Gasteiger charge is -2.45. The molecule has 0 unspecified atom stereocenters. The fourth-order valence-corrected chi connectivity index (χ4v) is 6.32. The molecule has 3 saturated heterocycles. The van der Waals surface area contributed by atoms with Crippen LogP contribution in [0.1, 0.15) is 35.4 Å². The number of fused-ring (bicyclic) bond motifs is 6. The highest BCUT2D eigenvalue weighted by atomic mass is 35.5. The van der Waals surface area contributed by atoms with Crippen LogP contribution in [0.25, 0.3) is 0 Å². The highest BCUT2D eigenvalue weighted by Crippen LogP contribution is 2.44. The molecular weight excluding hydrogens is 466 g/mol.